The van der Waals surface area contributed by atoms with E-state index in [2.05, 4.69) is 0 Å². The van der Waals surface area contributed by atoms with Crippen LogP contribution in [0.5, 0.6) is 0 Å². The van der Waals surface area contributed by atoms with Crippen LogP contribution >= 0.6 is 0 Å². The minimum absolute atomic E-state index is 0.0745. The maximum Gasteiger partial charge on any atom is 0.317 e. The van der Waals surface area contributed by atoms with Crippen molar-refractivity contribution in [1.29, 1.82) is 0 Å². The first-order valence-corrected chi connectivity index (χ1v) is 6.30. The standard InChI is InChI=1S/C12H21NO3/c14-11-4-2-1-3-10(11)13(8-12(15)16)7-9-5-6-9/h9-11,14H,1-8H2,(H,15,16). The van der Waals surface area contributed by atoms with Gasteiger partial charge in [-0.3, -0.25) is 9.69 Å². The Bertz CT molecular complexity index is 253. The SMILES string of the molecule is O=C(O)CN(CC1CC1)C1CCCCC1O. The van der Waals surface area contributed by atoms with E-state index in [9.17, 15) is 9.90 Å². The zero-order valence-electron chi connectivity index (χ0n) is 9.64. The lowest BCUT2D eigenvalue weighted by molar-refractivity contribution is -0.140. The first-order valence-electron chi connectivity index (χ1n) is 6.30. The van der Waals surface area contributed by atoms with Crippen LogP contribution in [0.3, 0.4) is 0 Å². The number of aliphatic carboxylic acids is 1. The van der Waals surface area contributed by atoms with Crippen LogP contribution < -0.4 is 0 Å². The van der Waals surface area contributed by atoms with Gasteiger partial charge in [0.05, 0.1) is 12.6 Å². The van der Waals surface area contributed by atoms with Gasteiger partial charge in [-0.2, -0.15) is 0 Å². The van der Waals surface area contributed by atoms with Gasteiger partial charge in [0.15, 0.2) is 0 Å². The highest BCUT2D eigenvalue weighted by molar-refractivity contribution is 5.69. The van der Waals surface area contributed by atoms with Crippen molar-refractivity contribution in [3.63, 3.8) is 0 Å². The molecule has 2 atom stereocenters. The molecule has 2 rings (SSSR count). The van der Waals surface area contributed by atoms with Crippen molar-refractivity contribution in [2.24, 2.45) is 5.92 Å². The second-order valence-corrected chi connectivity index (χ2v) is 5.19. The van der Waals surface area contributed by atoms with Gasteiger partial charge >= 0.3 is 5.97 Å². The van der Waals surface area contributed by atoms with Crippen molar-refractivity contribution in [3.05, 3.63) is 0 Å². The number of hydrogen-bond donors (Lipinski definition) is 2. The molecule has 0 heterocycles. The van der Waals surface area contributed by atoms with Crippen molar-refractivity contribution in [1.82, 2.24) is 4.90 Å². The van der Waals surface area contributed by atoms with Crippen LogP contribution in [0.1, 0.15) is 38.5 Å². The minimum atomic E-state index is -0.779. The number of rotatable bonds is 5. The van der Waals surface area contributed by atoms with E-state index in [1.165, 1.54) is 12.8 Å². The summed E-state index contributed by atoms with van der Waals surface area (Å²) in [6.45, 7) is 0.937. The number of aliphatic hydroxyl groups excluding tert-OH is 1. The summed E-state index contributed by atoms with van der Waals surface area (Å²) in [5, 5.41) is 18.9. The smallest absolute Gasteiger partial charge is 0.317 e. The number of nitrogens with zero attached hydrogens (tertiary/aromatic N) is 1. The number of hydrogen-bond acceptors (Lipinski definition) is 3. The molecule has 4 nitrogen and oxygen atoms in total. The monoisotopic (exact) mass is 227 g/mol. The summed E-state index contributed by atoms with van der Waals surface area (Å²) < 4.78 is 0. The lowest BCUT2D eigenvalue weighted by Crippen LogP contribution is -2.48. The molecule has 0 bridgehead atoms. The van der Waals surface area contributed by atoms with Crippen LogP contribution in [0.15, 0.2) is 0 Å². The van der Waals surface area contributed by atoms with Crippen molar-refractivity contribution in [3.8, 4) is 0 Å². The van der Waals surface area contributed by atoms with Gasteiger partial charge in [0.1, 0.15) is 0 Å². The molecule has 2 saturated carbocycles. The fourth-order valence-corrected chi connectivity index (χ4v) is 2.64. The molecular weight excluding hydrogens is 206 g/mol. The molecule has 0 aromatic rings. The summed E-state index contributed by atoms with van der Waals surface area (Å²) in [5.41, 5.74) is 0. The fourth-order valence-electron chi connectivity index (χ4n) is 2.64. The maximum atomic E-state index is 10.8. The van der Waals surface area contributed by atoms with Crippen molar-refractivity contribution in [2.75, 3.05) is 13.1 Å². The third-order valence-corrected chi connectivity index (χ3v) is 3.69. The second kappa shape index (κ2) is 5.15. The van der Waals surface area contributed by atoms with Gasteiger partial charge in [-0.05, 0) is 31.6 Å². The Balaban J connectivity index is 1.94. The highest BCUT2D eigenvalue weighted by Crippen LogP contribution is 2.32. The Morgan fingerprint density at radius 2 is 1.88 bits per heavy atom. The quantitative estimate of drug-likeness (QED) is 0.738. The van der Waals surface area contributed by atoms with E-state index in [0.717, 1.165) is 32.2 Å². The Kier molecular flexibility index (Phi) is 3.82. The predicted octanol–water partition coefficient (Wildman–Crippen LogP) is 1.09. The number of carbonyl (C=O) groups is 1. The summed E-state index contributed by atoms with van der Waals surface area (Å²) in [7, 11) is 0. The number of carboxylic acid groups (broad SMARTS) is 1. The van der Waals surface area contributed by atoms with E-state index in [-0.39, 0.29) is 18.7 Å². The first kappa shape index (κ1) is 11.9. The summed E-state index contributed by atoms with van der Waals surface area (Å²) in [4.78, 5) is 12.8. The molecule has 0 aromatic carbocycles. The highest BCUT2D eigenvalue weighted by atomic mass is 16.4. The molecular formula is C12H21NO3. The summed E-state index contributed by atoms with van der Waals surface area (Å²) in [5.74, 6) is -0.105. The second-order valence-electron chi connectivity index (χ2n) is 5.19. The van der Waals surface area contributed by atoms with E-state index < -0.39 is 5.97 Å². The average Bonchev–Trinajstić information content (AvgIpc) is 3.01. The van der Waals surface area contributed by atoms with Gasteiger partial charge in [0.2, 0.25) is 0 Å². The average molecular weight is 227 g/mol. The van der Waals surface area contributed by atoms with Crippen molar-refractivity contribution in [2.45, 2.75) is 50.7 Å². The van der Waals surface area contributed by atoms with Crippen LogP contribution in [0.4, 0.5) is 0 Å². The van der Waals surface area contributed by atoms with Crippen LogP contribution in [0.2, 0.25) is 0 Å². The largest absolute Gasteiger partial charge is 0.480 e. The molecule has 0 aromatic heterocycles. The third-order valence-electron chi connectivity index (χ3n) is 3.69. The van der Waals surface area contributed by atoms with Gasteiger partial charge in [-0.15, -0.1) is 0 Å². The molecule has 0 saturated heterocycles. The molecule has 2 aliphatic carbocycles. The Morgan fingerprint density at radius 1 is 1.19 bits per heavy atom. The lowest BCUT2D eigenvalue weighted by Gasteiger charge is -2.36. The van der Waals surface area contributed by atoms with Crippen LogP contribution in [0.25, 0.3) is 0 Å². The first-order chi connectivity index (χ1) is 7.66. The number of aliphatic hydroxyl groups is 1. The summed E-state index contributed by atoms with van der Waals surface area (Å²) in [6.07, 6.45) is 6.07. The van der Waals surface area contributed by atoms with E-state index >= 15 is 0 Å². The maximum absolute atomic E-state index is 10.8. The van der Waals surface area contributed by atoms with Crippen LogP contribution in [-0.2, 0) is 4.79 Å². The molecule has 0 radical (unpaired) electrons. The van der Waals surface area contributed by atoms with Gasteiger partial charge in [0, 0.05) is 12.6 Å². The van der Waals surface area contributed by atoms with E-state index in [0.29, 0.717) is 5.92 Å². The molecule has 2 fully saturated rings. The highest BCUT2D eigenvalue weighted by Gasteiger charge is 2.33. The predicted molar refractivity (Wildman–Crippen MR) is 60.2 cm³/mol. The zero-order chi connectivity index (χ0) is 11.5. The fraction of sp³-hybridized carbons (Fsp3) is 0.917. The summed E-state index contributed by atoms with van der Waals surface area (Å²) in [6, 6.07) is 0.0745. The number of carboxylic acids is 1. The molecule has 16 heavy (non-hydrogen) atoms. The zero-order valence-corrected chi connectivity index (χ0v) is 9.64. The van der Waals surface area contributed by atoms with Crippen molar-refractivity contribution < 1.29 is 15.0 Å². The lowest BCUT2D eigenvalue weighted by atomic mass is 9.91. The van der Waals surface area contributed by atoms with E-state index in [1.807, 2.05) is 4.90 Å². The van der Waals surface area contributed by atoms with Gasteiger partial charge in [-0.25, -0.2) is 0 Å². The Morgan fingerprint density at radius 3 is 2.44 bits per heavy atom. The van der Waals surface area contributed by atoms with E-state index in [1.54, 1.807) is 0 Å². The molecule has 92 valence electrons. The topological polar surface area (TPSA) is 60.8 Å². The third kappa shape index (κ3) is 3.19. The normalized spacial score (nSPS) is 30.6. The molecule has 2 aliphatic rings. The van der Waals surface area contributed by atoms with Gasteiger partial charge < -0.3 is 10.2 Å². The molecule has 2 N–H and O–H groups in total. The molecule has 2 unspecified atom stereocenters. The molecule has 4 heteroatoms. The molecule has 0 amide bonds. The summed E-state index contributed by atoms with van der Waals surface area (Å²) >= 11 is 0. The minimum Gasteiger partial charge on any atom is -0.480 e. The molecule has 0 spiro atoms. The molecule has 0 aliphatic heterocycles. The van der Waals surface area contributed by atoms with Gasteiger partial charge in [-0.1, -0.05) is 12.8 Å². The Hall–Kier alpha value is -0.610. The van der Waals surface area contributed by atoms with E-state index in [4.69, 9.17) is 5.11 Å². The Labute approximate surface area is 96.3 Å². The van der Waals surface area contributed by atoms with Gasteiger partial charge in [0.25, 0.3) is 0 Å². The van der Waals surface area contributed by atoms with Crippen LogP contribution in [-0.4, -0.2) is 46.3 Å². The van der Waals surface area contributed by atoms with Crippen molar-refractivity contribution >= 4 is 5.97 Å². The van der Waals surface area contributed by atoms with Crippen LogP contribution in [0, 0.1) is 5.92 Å².